The van der Waals surface area contributed by atoms with E-state index in [1.807, 2.05) is 0 Å². The van der Waals surface area contributed by atoms with Gasteiger partial charge in [-0.2, -0.15) is 0 Å². The molecular formula is C14H24. The predicted molar refractivity (Wildman–Crippen MR) is 64.5 cm³/mol. The van der Waals surface area contributed by atoms with Gasteiger partial charge in [0.15, 0.2) is 0 Å². The molecule has 14 heavy (non-hydrogen) atoms. The fraction of sp³-hybridized carbons (Fsp3) is 0.714. The Bertz CT molecular complexity index is 230. The number of hydrogen-bond donors (Lipinski definition) is 0. The second-order valence-electron chi connectivity index (χ2n) is 4.36. The van der Waals surface area contributed by atoms with Gasteiger partial charge in [-0.05, 0) is 44.6 Å². The first-order valence-electron chi connectivity index (χ1n) is 6.17. The van der Waals surface area contributed by atoms with Crippen molar-refractivity contribution in [3.8, 4) is 0 Å². The molecule has 0 aromatic rings. The Labute approximate surface area is 89.1 Å². The summed E-state index contributed by atoms with van der Waals surface area (Å²) < 4.78 is 0. The second-order valence-corrected chi connectivity index (χ2v) is 4.36. The van der Waals surface area contributed by atoms with Gasteiger partial charge in [0, 0.05) is 0 Å². The number of allylic oxidation sites excluding steroid dienone is 4. The first kappa shape index (κ1) is 11.6. The van der Waals surface area contributed by atoms with Crippen molar-refractivity contribution in [3.63, 3.8) is 0 Å². The zero-order chi connectivity index (χ0) is 10.4. The van der Waals surface area contributed by atoms with Gasteiger partial charge in [-0.1, -0.05) is 43.9 Å². The molecule has 0 heterocycles. The van der Waals surface area contributed by atoms with E-state index in [4.69, 9.17) is 0 Å². The van der Waals surface area contributed by atoms with Crippen LogP contribution in [0.3, 0.4) is 0 Å². The van der Waals surface area contributed by atoms with E-state index in [0.717, 1.165) is 0 Å². The van der Waals surface area contributed by atoms with E-state index >= 15 is 0 Å². The molecule has 0 aromatic heterocycles. The summed E-state index contributed by atoms with van der Waals surface area (Å²) in [5.74, 6) is 0. The smallest absolute Gasteiger partial charge is 0.0277 e. The van der Waals surface area contributed by atoms with E-state index in [1.165, 1.54) is 44.9 Å². The lowest BCUT2D eigenvalue weighted by atomic mass is 9.86. The van der Waals surface area contributed by atoms with Crippen LogP contribution in [0.5, 0.6) is 0 Å². The average molecular weight is 192 g/mol. The van der Waals surface area contributed by atoms with Crippen molar-refractivity contribution in [3.05, 3.63) is 22.8 Å². The van der Waals surface area contributed by atoms with Gasteiger partial charge in [-0.15, -0.1) is 0 Å². The molecule has 0 atom stereocenters. The van der Waals surface area contributed by atoms with Crippen molar-refractivity contribution in [1.29, 1.82) is 0 Å². The monoisotopic (exact) mass is 192 g/mol. The summed E-state index contributed by atoms with van der Waals surface area (Å²) in [6.45, 7) is 6.86. The van der Waals surface area contributed by atoms with Crippen LogP contribution in [0.4, 0.5) is 0 Å². The quantitative estimate of drug-likeness (QED) is 0.574. The summed E-state index contributed by atoms with van der Waals surface area (Å²) >= 11 is 0. The molecule has 0 fully saturated rings. The van der Waals surface area contributed by atoms with E-state index in [0.29, 0.717) is 0 Å². The highest BCUT2D eigenvalue weighted by atomic mass is 14.2. The minimum atomic E-state index is 1.27. The lowest BCUT2D eigenvalue weighted by Crippen LogP contribution is -2.00. The molecule has 1 aliphatic carbocycles. The van der Waals surface area contributed by atoms with E-state index in [2.05, 4.69) is 26.8 Å². The molecule has 0 spiro atoms. The van der Waals surface area contributed by atoms with Crippen LogP contribution in [0.15, 0.2) is 22.8 Å². The van der Waals surface area contributed by atoms with Gasteiger partial charge in [0.2, 0.25) is 0 Å². The third kappa shape index (κ3) is 3.01. The number of hydrogen-bond acceptors (Lipinski definition) is 0. The third-order valence-electron chi connectivity index (χ3n) is 3.13. The normalized spacial score (nSPS) is 17.2. The van der Waals surface area contributed by atoms with E-state index in [9.17, 15) is 0 Å². The molecule has 0 unspecified atom stereocenters. The van der Waals surface area contributed by atoms with Crippen molar-refractivity contribution in [2.45, 2.75) is 65.7 Å². The molecule has 0 bridgehead atoms. The molecule has 0 amide bonds. The summed E-state index contributed by atoms with van der Waals surface area (Å²) in [7, 11) is 0. The lowest BCUT2D eigenvalue weighted by molar-refractivity contribution is 0.736. The maximum atomic E-state index is 2.42. The van der Waals surface area contributed by atoms with Gasteiger partial charge in [-0.25, -0.2) is 0 Å². The maximum absolute atomic E-state index is 2.42. The Hall–Kier alpha value is -0.520. The molecule has 1 aliphatic rings. The number of rotatable bonds is 5. The standard InChI is InChI=1S/C14H24/c1-4-6-11-14-12(3)9-7-10-13(14)8-5-2/h9H,4-8,10-11H2,1-3H3. The minimum absolute atomic E-state index is 1.27. The Kier molecular flexibility index (Phi) is 5.00. The predicted octanol–water partition coefficient (Wildman–Crippen LogP) is 5.01. The van der Waals surface area contributed by atoms with Crippen molar-refractivity contribution in [1.82, 2.24) is 0 Å². The zero-order valence-corrected chi connectivity index (χ0v) is 10.0. The van der Waals surface area contributed by atoms with Crippen LogP contribution in [-0.4, -0.2) is 0 Å². The van der Waals surface area contributed by atoms with Crippen LogP contribution in [-0.2, 0) is 0 Å². The first-order valence-corrected chi connectivity index (χ1v) is 6.17. The van der Waals surface area contributed by atoms with Crippen LogP contribution in [0.1, 0.15) is 65.7 Å². The molecule has 0 heteroatoms. The van der Waals surface area contributed by atoms with Gasteiger partial charge >= 0.3 is 0 Å². The summed E-state index contributed by atoms with van der Waals surface area (Å²) in [6, 6.07) is 0. The van der Waals surface area contributed by atoms with Crippen LogP contribution in [0, 0.1) is 0 Å². The highest BCUT2D eigenvalue weighted by molar-refractivity contribution is 5.37. The highest BCUT2D eigenvalue weighted by Gasteiger charge is 2.11. The van der Waals surface area contributed by atoms with Crippen LogP contribution >= 0.6 is 0 Å². The molecule has 1 rings (SSSR count). The highest BCUT2D eigenvalue weighted by Crippen LogP contribution is 2.31. The van der Waals surface area contributed by atoms with Crippen molar-refractivity contribution < 1.29 is 0 Å². The van der Waals surface area contributed by atoms with Gasteiger partial charge in [-0.3, -0.25) is 0 Å². The Balaban J connectivity index is 2.71. The van der Waals surface area contributed by atoms with Crippen LogP contribution < -0.4 is 0 Å². The first-order chi connectivity index (χ1) is 6.79. The van der Waals surface area contributed by atoms with Gasteiger partial charge in [0.1, 0.15) is 0 Å². The Morgan fingerprint density at radius 1 is 1.14 bits per heavy atom. The second kappa shape index (κ2) is 6.06. The molecular weight excluding hydrogens is 168 g/mol. The fourth-order valence-electron chi connectivity index (χ4n) is 2.32. The fourth-order valence-corrected chi connectivity index (χ4v) is 2.32. The van der Waals surface area contributed by atoms with Crippen molar-refractivity contribution in [2.75, 3.05) is 0 Å². The summed E-state index contributed by atoms with van der Waals surface area (Å²) in [6.07, 6.45) is 11.6. The maximum Gasteiger partial charge on any atom is -0.0277 e. The van der Waals surface area contributed by atoms with E-state index in [1.54, 1.807) is 16.7 Å². The molecule has 0 saturated heterocycles. The molecule has 80 valence electrons. The third-order valence-corrected chi connectivity index (χ3v) is 3.13. The lowest BCUT2D eigenvalue weighted by Gasteiger charge is -2.20. The average Bonchev–Trinajstić information content (AvgIpc) is 2.18. The number of unbranched alkanes of at least 4 members (excludes halogenated alkanes) is 1. The summed E-state index contributed by atoms with van der Waals surface area (Å²) in [5, 5.41) is 0. The van der Waals surface area contributed by atoms with E-state index < -0.39 is 0 Å². The van der Waals surface area contributed by atoms with Crippen molar-refractivity contribution >= 4 is 0 Å². The molecule has 0 saturated carbocycles. The SMILES string of the molecule is CCCCC1=C(CCC)CCC=C1C. The zero-order valence-electron chi connectivity index (χ0n) is 10.0. The largest absolute Gasteiger partial charge is 0.0810 e. The summed E-state index contributed by atoms with van der Waals surface area (Å²) in [4.78, 5) is 0. The Morgan fingerprint density at radius 3 is 2.57 bits per heavy atom. The Morgan fingerprint density at radius 2 is 1.93 bits per heavy atom. The van der Waals surface area contributed by atoms with Crippen LogP contribution in [0.2, 0.25) is 0 Å². The van der Waals surface area contributed by atoms with Gasteiger partial charge < -0.3 is 0 Å². The van der Waals surface area contributed by atoms with Gasteiger partial charge in [0.25, 0.3) is 0 Å². The van der Waals surface area contributed by atoms with Gasteiger partial charge in [0.05, 0.1) is 0 Å². The molecule has 0 nitrogen and oxygen atoms in total. The van der Waals surface area contributed by atoms with Crippen LogP contribution in [0.25, 0.3) is 0 Å². The minimum Gasteiger partial charge on any atom is -0.0810 e. The molecule has 0 aromatic carbocycles. The topological polar surface area (TPSA) is 0 Å². The molecule has 0 N–H and O–H groups in total. The van der Waals surface area contributed by atoms with Crippen molar-refractivity contribution in [2.24, 2.45) is 0 Å². The summed E-state index contributed by atoms with van der Waals surface area (Å²) in [5.41, 5.74) is 5.01. The van der Waals surface area contributed by atoms with E-state index in [-0.39, 0.29) is 0 Å². The molecule has 0 aliphatic heterocycles. The molecule has 0 radical (unpaired) electrons.